The molecule has 0 aliphatic carbocycles. The number of nitro benzene ring substituents is 1. The molecule has 0 aliphatic heterocycles. The Balaban J connectivity index is 1.46. The monoisotopic (exact) mass is 521 g/mol. The van der Waals surface area contributed by atoms with Crippen molar-refractivity contribution in [3.63, 3.8) is 0 Å². The minimum absolute atomic E-state index is 0.0120. The van der Waals surface area contributed by atoms with E-state index in [1.165, 1.54) is 30.0 Å². The third kappa shape index (κ3) is 4.58. The van der Waals surface area contributed by atoms with E-state index in [9.17, 15) is 14.9 Å². The van der Waals surface area contributed by atoms with Crippen molar-refractivity contribution in [2.24, 2.45) is 7.05 Å². The van der Waals surface area contributed by atoms with Crippen LogP contribution in [0.15, 0.2) is 56.5 Å². The Morgan fingerprint density at radius 3 is 2.87 bits per heavy atom. The average molecular weight is 523 g/mol. The maximum atomic E-state index is 12.3. The topological polar surface area (TPSA) is 116 Å². The lowest BCUT2D eigenvalue weighted by molar-refractivity contribution is -0.384. The molecule has 0 aliphatic rings. The molecule has 2 aromatic carbocycles. The summed E-state index contributed by atoms with van der Waals surface area (Å²) < 4.78 is 8.52. The van der Waals surface area contributed by atoms with Gasteiger partial charge in [0.15, 0.2) is 16.7 Å². The van der Waals surface area contributed by atoms with Gasteiger partial charge < -0.3 is 14.3 Å². The molecule has 158 valence electrons. The molecule has 2 aromatic heterocycles. The molecule has 1 amide bonds. The lowest BCUT2D eigenvalue weighted by Crippen LogP contribution is -2.15. The summed E-state index contributed by atoms with van der Waals surface area (Å²) in [5.74, 6) is 0.711. The van der Waals surface area contributed by atoms with Gasteiger partial charge in [0.05, 0.1) is 21.4 Å². The number of carbonyl (C=O) groups excluding carboxylic acids is 1. The number of benzene rings is 2. The average Bonchev–Trinajstić information content (AvgIpc) is 3.30. The van der Waals surface area contributed by atoms with Crippen LogP contribution in [0.25, 0.3) is 22.6 Å². The van der Waals surface area contributed by atoms with Crippen LogP contribution in [0.3, 0.4) is 0 Å². The smallest absolute Gasteiger partial charge is 0.271 e. The molecule has 0 radical (unpaired) electrons. The summed E-state index contributed by atoms with van der Waals surface area (Å²) >= 11 is 10.6. The Bertz CT molecular complexity index is 1320. The van der Waals surface area contributed by atoms with Gasteiger partial charge >= 0.3 is 0 Å². The lowest BCUT2D eigenvalue weighted by Gasteiger charge is -2.07. The molecule has 0 fully saturated rings. The Labute approximate surface area is 193 Å². The number of nitrogens with zero attached hydrogens (tertiary/aromatic N) is 4. The number of thioether (sulfide) groups is 1. The third-order valence-corrected chi connectivity index (χ3v) is 6.14. The summed E-state index contributed by atoms with van der Waals surface area (Å²) in [6, 6.07) is 11.4. The molecule has 0 atom stereocenters. The molecule has 4 rings (SSSR count). The maximum absolute atomic E-state index is 12.3. The van der Waals surface area contributed by atoms with E-state index < -0.39 is 4.92 Å². The standard InChI is InChI=1S/C19H13BrClN5O4S/c1-25-18(16-7-10-6-11(20)2-5-15(10)30-16)23-24-19(25)31-9-17(27)22-14-8-12(26(28)29)3-4-13(14)21/h2-8H,9H2,1H3,(H,22,27). The summed E-state index contributed by atoms with van der Waals surface area (Å²) in [6.45, 7) is 0. The van der Waals surface area contributed by atoms with Gasteiger partial charge in [0, 0.05) is 29.0 Å². The number of nitro groups is 1. The van der Waals surface area contributed by atoms with E-state index >= 15 is 0 Å². The number of fused-ring (bicyclic) bond motifs is 1. The van der Waals surface area contributed by atoms with E-state index in [1.54, 1.807) is 11.6 Å². The van der Waals surface area contributed by atoms with E-state index in [-0.39, 0.29) is 28.1 Å². The van der Waals surface area contributed by atoms with Crippen molar-refractivity contribution in [3.05, 3.63) is 62.1 Å². The van der Waals surface area contributed by atoms with Gasteiger partial charge in [0.25, 0.3) is 5.69 Å². The van der Waals surface area contributed by atoms with E-state index in [0.717, 1.165) is 15.4 Å². The highest BCUT2D eigenvalue weighted by molar-refractivity contribution is 9.10. The van der Waals surface area contributed by atoms with E-state index in [1.807, 2.05) is 24.3 Å². The van der Waals surface area contributed by atoms with Gasteiger partial charge in [0.1, 0.15) is 5.58 Å². The van der Waals surface area contributed by atoms with Crippen LogP contribution in [0.2, 0.25) is 5.02 Å². The highest BCUT2D eigenvalue weighted by Gasteiger charge is 2.17. The van der Waals surface area contributed by atoms with Crippen molar-refractivity contribution in [2.75, 3.05) is 11.1 Å². The first kappa shape index (κ1) is 21.3. The predicted molar refractivity (Wildman–Crippen MR) is 121 cm³/mol. The number of nitrogens with one attached hydrogen (secondary N) is 1. The summed E-state index contributed by atoms with van der Waals surface area (Å²) in [4.78, 5) is 22.7. The van der Waals surface area contributed by atoms with Crippen molar-refractivity contribution in [2.45, 2.75) is 5.16 Å². The Hall–Kier alpha value is -2.89. The number of hydrogen-bond acceptors (Lipinski definition) is 7. The minimum Gasteiger partial charge on any atom is -0.453 e. The summed E-state index contributed by atoms with van der Waals surface area (Å²) in [5.41, 5.74) is 0.736. The largest absolute Gasteiger partial charge is 0.453 e. The van der Waals surface area contributed by atoms with Crippen LogP contribution in [0, 0.1) is 10.1 Å². The van der Waals surface area contributed by atoms with Gasteiger partial charge in [-0.05, 0) is 30.3 Å². The minimum atomic E-state index is -0.557. The van der Waals surface area contributed by atoms with Crippen LogP contribution in [-0.4, -0.2) is 31.3 Å². The quantitative estimate of drug-likeness (QED) is 0.208. The normalized spacial score (nSPS) is 11.1. The number of anilines is 1. The second-order valence-electron chi connectivity index (χ2n) is 6.42. The molecule has 12 heteroatoms. The fraction of sp³-hybridized carbons (Fsp3) is 0.105. The van der Waals surface area contributed by atoms with Gasteiger partial charge in [-0.1, -0.05) is 39.3 Å². The molecule has 1 N–H and O–H groups in total. The first-order valence-electron chi connectivity index (χ1n) is 8.77. The zero-order chi connectivity index (χ0) is 22.1. The van der Waals surface area contributed by atoms with Crippen molar-refractivity contribution in [1.82, 2.24) is 14.8 Å². The number of amides is 1. The number of furan rings is 1. The summed E-state index contributed by atoms with van der Waals surface area (Å²) in [7, 11) is 1.77. The molecular formula is C19H13BrClN5O4S. The SMILES string of the molecule is Cn1c(SCC(=O)Nc2cc([N+](=O)[O-])ccc2Cl)nnc1-c1cc2cc(Br)ccc2o1. The Morgan fingerprint density at radius 1 is 1.29 bits per heavy atom. The van der Waals surface area contributed by atoms with Crippen LogP contribution in [-0.2, 0) is 11.8 Å². The van der Waals surface area contributed by atoms with Gasteiger partial charge in [-0.2, -0.15) is 0 Å². The van der Waals surface area contributed by atoms with Crippen LogP contribution < -0.4 is 5.32 Å². The fourth-order valence-electron chi connectivity index (χ4n) is 2.82. The Morgan fingerprint density at radius 2 is 2.10 bits per heavy atom. The molecule has 9 nitrogen and oxygen atoms in total. The van der Waals surface area contributed by atoms with Crippen LogP contribution in [0.5, 0.6) is 0 Å². The highest BCUT2D eigenvalue weighted by atomic mass is 79.9. The zero-order valence-electron chi connectivity index (χ0n) is 15.8. The van der Waals surface area contributed by atoms with E-state index in [2.05, 4.69) is 31.4 Å². The molecule has 0 bridgehead atoms. The van der Waals surface area contributed by atoms with Gasteiger partial charge in [0.2, 0.25) is 5.91 Å². The second-order valence-corrected chi connectivity index (χ2v) is 8.68. The Kier molecular flexibility index (Phi) is 5.99. The first-order chi connectivity index (χ1) is 14.8. The lowest BCUT2D eigenvalue weighted by atomic mass is 10.2. The molecule has 0 saturated heterocycles. The predicted octanol–water partition coefficient (Wildman–Crippen LogP) is 5.28. The van der Waals surface area contributed by atoms with Crippen LogP contribution in [0.1, 0.15) is 0 Å². The molecule has 2 heterocycles. The van der Waals surface area contributed by atoms with Gasteiger partial charge in [-0.25, -0.2) is 0 Å². The maximum Gasteiger partial charge on any atom is 0.271 e. The third-order valence-electron chi connectivity index (χ3n) is 4.30. The summed E-state index contributed by atoms with van der Waals surface area (Å²) in [5, 5.41) is 23.4. The molecule has 0 unspecified atom stereocenters. The summed E-state index contributed by atoms with van der Waals surface area (Å²) in [6.07, 6.45) is 0. The van der Waals surface area contributed by atoms with Crippen molar-refractivity contribution < 1.29 is 14.1 Å². The second kappa shape index (κ2) is 8.69. The van der Waals surface area contributed by atoms with E-state index in [0.29, 0.717) is 16.7 Å². The molecule has 31 heavy (non-hydrogen) atoms. The molecule has 0 spiro atoms. The van der Waals surface area contributed by atoms with E-state index in [4.69, 9.17) is 16.0 Å². The fourth-order valence-corrected chi connectivity index (χ4v) is 4.07. The van der Waals surface area contributed by atoms with Gasteiger partial charge in [-0.3, -0.25) is 14.9 Å². The zero-order valence-corrected chi connectivity index (χ0v) is 19.0. The number of hydrogen-bond donors (Lipinski definition) is 1. The molecule has 4 aromatic rings. The van der Waals surface area contributed by atoms with Crippen LogP contribution in [0.4, 0.5) is 11.4 Å². The van der Waals surface area contributed by atoms with Crippen LogP contribution >= 0.6 is 39.3 Å². The van der Waals surface area contributed by atoms with Crippen molar-refractivity contribution in [1.29, 1.82) is 0 Å². The van der Waals surface area contributed by atoms with Crippen molar-refractivity contribution >= 4 is 67.5 Å². The highest BCUT2D eigenvalue weighted by Crippen LogP contribution is 2.31. The number of halogens is 2. The number of non-ortho nitro benzene ring substituents is 1. The first-order valence-corrected chi connectivity index (χ1v) is 10.9. The number of carbonyl (C=O) groups is 1. The molecular weight excluding hydrogens is 510 g/mol. The molecule has 0 saturated carbocycles. The van der Waals surface area contributed by atoms with Gasteiger partial charge in [-0.15, -0.1) is 10.2 Å². The number of aromatic nitrogens is 3. The van der Waals surface area contributed by atoms with Crippen molar-refractivity contribution in [3.8, 4) is 11.6 Å². The number of rotatable bonds is 6.